The van der Waals surface area contributed by atoms with Gasteiger partial charge < -0.3 is 20.5 Å². The van der Waals surface area contributed by atoms with Crippen LogP contribution in [0.1, 0.15) is 36.7 Å². The second-order valence-corrected chi connectivity index (χ2v) is 9.76. The summed E-state index contributed by atoms with van der Waals surface area (Å²) in [4.78, 5) is 26.0. The van der Waals surface area contributed by atoms with Crippen molar-refractivity contribution in [3.8, 4) is 11.5 Å². The van der Waals surface area contributed by atoms with Gasteiger partial charge in [0.1, 0.15) is 23.1 Å². The SMILES string of the molecule is COc1ccc(C(=O)Nc2sc(Cc3ccccc3)cc2C(N)=O)cc1COc1ccc(Br)cc1. The van der Waals surface area contributed by atoms with E-state index in [9.17, 15) is 9.59 Å². The van der Waals surface area contributed by atoms with Crippen LogP contribution < -0.4 is 20.5 Å². The molecule has 1 heterocycles. The van der Waals surface area contributed by atoms with Gasteiger partial charge in [0.05, 0.1) is 12.7 Å². The van der Waals surface area contributed by atoms with Crippen molar-refractivity contribution < 1.29 is 19.1 Å². The molecule has 4 aromatic rings. The maximum absolute atomic E-state index is 13.1. The van der Waals surface area contributed by atoms with Crippen LogP contribution in [-0.4, -0.2) is 18.9 Å². The Morgan fingerprint density at radius 2 is 1.74 bits per heavy atom. The van der Waals surface area contributed by atoms with Gasteiger partial charge in [-0.2, -0.15) is 0 Å². The summed E-state index contributed by atoms with van der Waals surface area (Å²) >= 11 is 4.74. The Bertz CT molecular complexity index is 1340. The van der Waals surface area contributed by atoms with Crippen LogP contribution in [0.5, 0.6) is 11.5 Å². The van der Waals surface area contributed by atoms with Gasteiger partial charge in [0, 0.05) is 26.9 Å². The minimum absolute atomic E-state index is 0.221. The Morgan fingerprint density at radius 1 is 1.00 bits per heavy atom. The van der Waals surface area contributed by atoms with E-state index < -0.39 is 5.91 Å². The smallest absolute Gasteiger partial charge is 0.256 e. The molecule has 0 unspecified atom stereocenters. The number of nitrogens with one attached hydrogen (secondary N) is 1. The molecule has 0 saturated carbocycles. The molecule has 4 rings (SSSR count). The first kappa shape index (κ1) is 24.5. The van der Waals surface area contributed by atoms with E-state index in [0.29, 0.717) is 39.6 Å². The zero-order chi connectivity index (χ0) is 24.8. The molecule has 178 valence electrons. The number of nitrogens with two attached hydrogens (primary N) is 1. The monoisotopic (exact) mass is 550 g/mol. The highest BCUT2D eigenvalue weighted by Gasteiger charge is 2.18. The summed E-state index contributed by atoms with van der Waals surface area (Å²) < 4.78 is 12.3. The second kappa shape index (κ2) is 11.2. The predicted molar refractivity (Wildman–Crippen MR) is 142 cm³/mol. The molecule has 1 aromatic heterocycles. The van der Waals surface area contributed by atoms with E-state index in [0.717, 1.165) is 14.9 Å². The number of thiophene rings is 1. The summed E-state index contributed by atoms with van der Waals surface area (Å²) in [6.45, 7) is 0.221. The van der Waals surface area contributed by atoms with Gasteiger partial charge in [0.25, 0.3) is 11.8 Å². The Balaban J connectivity index is 1.52. The van der Waals surface area contributed by atoms with Gasteiger partial charge in [-0.05, 0) is 54.1 Å². The van der Waals surface area contributed by atoms with E-state index >= 15 is 0 Å². The van der Waals surface area contributed by atoms with Crippen molar-refractivity contribution in [3.05, 3.63) is 110 Å². The molecule has 0 fully saturated rings. The van der Waals surface area contributed by atoms with Gasteiger partial charge >= 0.3 is 0 Å². The van der Waals surface area contributed by atoms with Gasteiger partial charge in [-0.25, -0.2) is 0 Å². The molecule has 0 aliphatic carbocycles. The Labute approximate surface area is 215 Å². The Morgan fingerprint density at radius 3 is 2.43 bits per heavy atom. The lowest BCUT2D eigenvalue weighted by Gasteiger charge is -2.12. The molecule has 2 amide bonds. The number of rotatable bonds is 9. The van der Waals surface area contributed by atoms with Crippen LogP contribution in [0.4, 0.5) is 5.00 Å². The minimum Gasteiger partial charge on any atom is -0.496 e. The van der Waals surface area contributed by atoms with Crippen LogP contribution in [0, 0.1) is 0 Å². The van der Waals surface area contributed by atoms with Gasteiger partial charge in [-0.1, -0.05) is 46.3 Å². The zero-order valence-corrected chi connectivity index (χ0v) is 21.3. The number of hydrogen-bond donors (Lipinski definition) is 2. The van der Waals surface area contributed by atoms with E-state index in [-0.39, 0.29) is 12.5 Å². The fourth-order valence-electron chi connectivity index (χ4n) is 3.50. The minimum atomic E-state index is -0.589. The molecule has 3 aromatic carbocycles. The van der Waals surface area contributed by atoms with Crippen LogP contribution in [-0.2, 0) is 13.0 Å². The quantitative estimate of drug-likeness (QED) is 0.266. The largest absolute Gasteiger partial charge is 0.496 e. The van der Waals surface area contributed by atoms with Crippen molar-refractivity contribution >= 4 is 44.1 Å². The third-order valence-electron chi connectivity index (χ3n) is 5.25. The number of ether oxygens (including phenoxy) is 2. The summed E-state index contributed by atoms with van der Waals surface area (Å²) in [5.41, 5.74) is 8.11. The lowest BCUT2D eigenvalue weighted by Crippen LogP contribution is -2.16. The number of carbonyl (C=O) groups is 2. The maximum Gasteiger partial charge on any atom is 0.256 e. The molecule has 8 heteroatoms. The number of methoxy groups -OCH3 is 1. The number of amides is 2. The molecular weight excluding hydrogens is 528 g/mol. The molecule has 0 bridgehead atoms. The Kier molecular flexibility index (Phi) is 7.84. The van der Waals surface area contributed by atoms with Gasteiger partial charge in [-0.3, -0.25) is 9.59 Å². The molecule has 0 spiro atoms. The molecule has 0 aliphatic rings. The molecule has 3 N–H and O–H groups in total. The van der Waals surface area contributed by atoms with Gasteiger partial charge in [0.2, 0.25) is 0 Å². The van der Waals surface area contributed by atoms with Gasteiger partial charge in [-0.15, -0.1) is 11.3 Å². The number of benzene rings is 3. The number of primary amides is 1. The van der Waals surface area contributed by atoms with E-state index in [4.69, 9.17) is 15.2 Å². The standard InChI is InChI=1S/C27H23BrN2O4S/c1-33-24-12-7-18(14-19(24)16-34-21-10-8-20(28)9-11-21)26(32)30-27-23(25(29)31)15-22(35-27)13-17-5-3-2-4-6-17/h2-12,14-15H,13,16H2,1H3,(H2,29,31)(H,30,32). The van der Waals surface area contributed by atoms with Gasteiger partial charge in [0.15, 0.2) is 0 Å². The summed E-state index contributed by atoms with van der Waals surface area (Å²) in [5.74, 6) is 0.362. The molecule has 6 nitrogen and oxygen atoms in total. The molecule has 0 radical (unpaired) electrons. The first-order valence-electron chi connectivity index (χ1n) is 10.8. The number of carbonyl (C=O) groups excluding carboxylic acids is 2. The van der Waals surface area contributed by atoms with Crippen LogP contribution in [0.15, 0.2) is 83.3 Å². The molecule has 0 atom stereocenters. The molecule has 0 aliphatic heterocycles. The maximum atomic E-state index is 13.1. The lowest BCUT2D eigenvalue weighted by molar-refractivity contribution is 0.100. The summed E-state index contributed by atoms with van der Waals surface area (Å²) in [7, 11) is 1.57. The summed E-state index contributed by atoms with van der Waals surface area (Å²) in [6.07, 6.45) is 0.641. The van der Waals surface area contributed by atoms with E-state index in [1.165, 1.54) is 11.3 Å². The van der Waals surface area contributed by atoms with Crippen molar-refractivity contribution in [3.63, 3.8) is 0 Å². The third-order valence-corrected chi connectivity index (χ3v) is 6.83. The summed E-state index contributed by atoms with van der Waals surface area (Å²) in [6, 6.07) is 24.2. The predicted octanol–water partition coefficient (Wildman–Crippen LogP) is 6.04. The highest BCUT2D eigenvalue weighted by molar-refractivity contribution is 9.10. The van der Waals surface area contributed by atoms with Crippen molar-refractivity contribution in [1.29, 1.82) is 0 Å². The average Bonchev–Trinajstić information content (AvgIpc) is 3.26. The molecule has 35 heavy (non-hydrogen) atoms. The van der Waals surface area contributed by atoms with Crippen LogP contribution in [0.25, 0.3) is 0 Å². The van der Waals surface area contributed by atoms with Crippen molar-refractivity contribution in [2.75, 3.05) is 12.4 Å². The van der Waals surface area contributed by atoms with E-state index in [2.05, 4.69) is 21.2 Å². The highest BCUT2D eigenvalue weighted by atomic mass is 79.9. The fraction of sp³-hybridized carbons (Fsp3) is 0.111. The van der Waals surface area contributed by atoms with E-state index in [1.807, 2.05) is 54.6 Å². The highest BCUT2D eigenvalue weighted by Crippen LogP contribution is 2.31. The summed E-state index contributed by atoms with van der Waals surface area (Å²) in [5, 5.41) is 3.28. The van der Waals surface area contributed by atoms with E-state index in [1.54, 1.807) is 31.4 Å². The average molecular weight is 551 g/mol. The number of hydrogen-bond acceptors (Lipinski definition) is 5. The second-order valence-electron chi connectivity index (χ2n) is 7.71. The third kappa shape index (κ3) is 6.29. The van der Waals surface area contributed by atoms with Crippen molar-refractivity contribution in [2.45, 2.75) is 13.0 Å². The normalized spacial score (nSPS) is 10.6. The Hall–Kier alpha value is -3.62. The first-order chi connectivity index (χ1) is 16.9. The first-order valence-corrected chi connectivity index (χ1v) is 12.4. The topological polar surface area (TPSA) is 90.6 Å². The zero-order valence-electron chi connectivity index (χ0n) is 18.9. The van der Waals surface area contributed by atoms with Crippen molar-refractivity contribution in [2.24, 2.45) is 5.73 Å². The van der Waals surface area contributed by atoms with Crippen LogP contribution in [0.2, 0.25) is 0 Å². The van der Waals surface area contributed by atoms with Crippen LogP contribution >= 0.6 is 27.3 Å². The molecular formula is C27H23BrN2O4S. The number of anilines is 1. The van der Waals surface area contributed by atoms with Crippen LogP contribution in [0.3, 0.4) is 0 Å². The molecule has 0 saturated heterocycles. The van der Waals surface area contributed by atoms with Crippen molar-refractivity contribution in [1.82, 2.24) is 0 Å². The number of halogens is 1. The lowest BCUT2D eigenvalue weighted by atomic mass is 10.1. The fourth-order valence-corrected chi connectivity index (χ4v) is 4.86.